The topological polar surface area (TPSA) is 152 Å². The van der Waals surface area contributed by atoms with Gasteiger partial charge in [-0.15, -0.1) is 0 Å². The number of hydrogen-bond donors (Lipinski definition) is 4. The molecule has 0 spiro atoms. The first kappa shape index (κ1) is 28.4. The zero-order valence-electron chi connectivity index (χ0n) is 24.3. The number of H-pyrrole nitrogens is 1. The van der Waals surface area contributed by atoms with Crippen LogP contribution in [0.15, 0.2) is 54.6 Å². The third-order valence-electron chi connectivity index (χ3n) is 8.51. The number of carbonyl (C=O) groups is 3. The van der Waals surface area contributed by atoms with E-state index in [0.717, 1.165) is 55.7 Å². The highest BCUT2D eigenvalue weighted by Gasteiger charge is 2.31. The van der Waals surface area contributed by atoms with Crippen molar-refractivity contribution in [2.75, 3.05) is 11.5 Å². The molecule has 0 radical (unpaired) electrons. The van der Waals surface area contributed by atoms with E-state index in [0.29, 0.717) is 24.0 Å². The van der Waals surface area contributed by atoms with Crippen molar-refractivity contribution < 1.29 is 24.2 Å². The molecule has 9 heteroatoms. The summed E-state index contributed by atoms with van der Waals surface area (Å²) >= 11 is 0. The van der Waals surface area contributed by atoms with Gasteiger partial charge < -0.3 is 31.2 Å². The molecular formula is C34H34N4O5. The van der Waals surface area contributed by atoms with Gasteiger partial charge in [0.25, 0.3) is 11.8 Å². The van der Waals surface area contributed by atoms with E-state index in [1.165, 1.54) is 6.92 Å². The third-order valence-corrected chi connectivity index (χ3v) is 8.51. The molecule has 0 bridgehead atoms. The average Bonchev–Trinajstić information content (AvgIpc) is 3.52. The van der Waals surface area contributed by atoms with Crippen LogP contribution in [-0.2, 0) is 22.5 Å². The van der Waals surface area contributed by atoms with Crippen LogP contribution in [0.4, 0.5) is 5.69 Å². The maximum Gasteiger partial charge on any atom is 0.322 e. The van der Waals surface area contributed by atoms with Crippen molar-refractivity contribution in [3.05, 3.63) is 93.7 Å². The van der Waals surface area contributed by atoms with Crippen LogP contribution in [0.25, 0.3) is 28.1 Å². The average molecular weight is 579 g/mol. The van der Waals surface area contributed by atoms with Gasteiger partial charge in [0.1, 0.15) is 12.6 Å². The number of anilines is 1. The Balaban J connectivity index is 1.40. The highest BCUT2D eigenvalue weighted by Crippen LogP contribution is 2.42. The van der Waals surface area contributed by atoms with Crippen molar-refractivity contribution in [1.29, 1.82) is 0 Å². The smallest absolute Gasteiger partial charge is 0.322 e. The summed E-state index contributed by atoms with van der Waals surface area (Å²) in [4.78, 5) is 42.9. The van der Waals surface area contributed by atoms with E-state index in [-0.39, 0.29) is 18.4 Å². The van der Waals surface area contributed by atoms with Gasteiger partial charge in [-0.3, -0.25) is 14.4 Å². The van der Waals surface area contributed by atoms with E-state index >= 15 is 0 Å². The number of aromatic amines is 1. The lowest BCUT2D eigenvalue weighted by Gasteiger charge is -2.23. The van der Waals surface area contributed by atoms with Gasteiger partial charge >= 0.3 is 5.97 Å². The number of benzene rings is 3. The van der Waals surface area contributed by atoms with E-state index in [1.54, 1.807) is 6.07 Å². The summed E-state index contributed by atoms with van der Waals surface area (Å²) < 4.78 is 5.15. The number of primary amides is 1. The highest BCUT2D eigenvalue weighted by atomic mass is 16.5. The van der Waals surface area contributed by atoms with Gasteiger partial charge in [0.05, 0.1) is 23.7 Å². The fourth-order valence-electron chi connectivity index (χ4n) is 6.18. The fraction of sp³-hybridized carbons (Fsp3) is 0.265. The first-order valence-electron chi connectivity index (χ1n) is 14.3. The van der Waals surface area contributed by atoms with Crippen molar-refractivity contribution in [2.24, 2.45) is 17.4 Å². The molecule has 220 valence electrons. The molecule has 4 aromatic rings. The largest absolute Gasteiger partial charge is 0.462 e. The Kier molecular flexibility index (Phi) is 7.15. The van der Waals surface area contributed by atoms with Gasteiger partial charge in [-0.25, -0.2) is 0 Å². The summed E-state index contributed by atoms with van der Waals surface area (Å²) in [7, 11) is 0. The molecule has 3 aromatic carbocycles. The van der Waals surface area contributed by atoms with Gasteiger partial charge in [-0.1, -0.05) is 48.0 Å². The van der Waals surface area contributed by atoms with Crippen molar-refractivity contribution in [3.63, 3.8) is 0 Å². The molecule has 2 amide bonds. The van der Waals surface area contributed by atoms with Crippen LogP contribution in [0.3, 0.4) is 0 Å². The molecule has 6 N–H and O–H groups in total. The van der Waals surface area contributed by atoms with E-state index in [9.17, 15) is 19.5 Å². The summed E-state index contributed by atoms with van der Waals surface area (Å²) in [5.41, 5.74) is 20.4. The summed E-state index contributed by atoms with van der Waals surface area (Å²) in [6.45, 7) is 5.84. The molecule has 2 aliphatic rings. The second kappa shape index (κ2) is 10.8. The lowest BCUT2D eigenvalue weighted by molar-refractivity contribution is -0.148. The van der Waals surface area contributed by atoms with Crippen molar-refractivity contribution >= 4 is 40.4 Å². The van der Waals surface area contributed by atoms with Gasteiger partial charge in [0, 0.05) is 33.8 Å². The zero-order valence-corrected chi connectivity index (χ0v) is 24.3. The third kappa shape index (κ3) is 4.90. The van der Waals surface area contributed by atoms with Gasteiger partial charge in [-0.2, -0.15) is 0 Å². The van der Waals surface area contributed by atoms with Crippen LogP contribution in [-0.4, -0.2) is 46.6 Å². The number of aryl methyl sites for hydroxylation is 1. The number of fused-ring (bicyclic) bond motifs is 4. The number of nitrogens with one attached hydrogen (secondary N) is 1. The Morgan fingerprint density at radius 2 is 1.91 bits per heavy atom. The van der Waals surface area contributed by atoms with E-state index in [4.69, 9.17) is 16.2 Å². The molecule has 0 saturated carbocycles. The first-order valence-corrected chi connectivity index (χ1v) is 14.3. The predicted molar refractivity (Wildman–Crippen MR) is 166 cm³/mol. The maximum atomic E-state index is 13.4. The number of nitrogens with zero attached hydrogens (tertiary/aromatic N) is 1. The number of esters is 1. The Bertz CT molecular complexity index is 1840. The minimum atomic E-state index is -0.932. The van der Waals surface area contributed by atoms with Gasteiger partial charge in [0.15, 0.2) is 0 Å². The number of aliphatic hydroxyl groups is 1. The second-order valence-corrected chi connectivity index (χ2v) is 11.5. The van der Waals surface area contributed by atoms with E-state index in [1.807, 2.05) is 73.4 Å². The Morgan fingerprint density at radius 1 is 1.12 bits per heavy atom. The molecule has 0 saturated heterocycles. The minimum Gasteiger partial charge on any atom is -0.462 e. The van der Waals surface area contributed by atoms with Crippen LogP contribution in [0.2, 0.25) is 0 Å². The van der Waals surface area contributed by atoms with E-state index < -0.39 is 24.0 Å². The van der Waals surface area contributed by atoms with Crippen LogP contribution in [0.1, 0.15) is 55.6 Å². The summed E-state index contributed by atoms with van der Waals surface area (Å²) in [5.74, 6) is -1.47. The van der Waals surface area contributed by atoms with Gasteiger partial charge in [-0.05, 0) is 67.6 Å². The highest BCUT2D eigenvalue weighted by molar-refractivity contribution is 6.14. The summed E-state index contributed by atoms with van der Waals surface area (Å²) in [6, 6.07) is 14.7. The molecule has 6 rings (SSSR count). The Hall–Kier alpha value is -4.73. The number of carbonyl (C=O) groups excluding carboxylic acids is 3. The van der Waals surface area contributed by atoms with Crippen molar-refractivity contribution in [3.8, 4) is 11.1 Å². The Labute approximate surface area is 249 Å². The lowest BCUT2D eigenvalue weighted by Crippen LogP contribution is -2.34. The number of nitrogens with two attached hydrogens (primary N) is 2. The molecule has 9 nitrogen and oxygen atoms in total. The van der Waals surface area contributed by atoms with Crippen molar-refractivity contribution in [2.45, 2.75) is 45.9 Å². The monoisotopic (exact) mass is 578 g/mol. The fourth-order valence-corrected chi connectivity index (χ4v) is 6.18. The molecule has 3 unspecified atom stereocenters. The minimum absolute atomic E-state index is 0.0219. The molecule has 3 atom stereocenters. The summed E-state index contributed by atoms with van der Waals surface area (Å²) in [5, 5.41) is 11.6. The van der Waals surface area contributed by atoms with Crippen molar-refractivity contribution in [1.82, 2.24) is 4.98 Å². The number of rotatable bonds is 7. The molecule has 1 aromatic heterocycles. The number of amides is 2. The molecule has 43 heavy (non-hydrogen) atoms. The maximum absolute atomic E-state index is 13.4. The second-order valence-electron chi connectivity index (χ2n) is 11.5. The number of ether oxygens (including phenoxy) is 1. The van der Waals surface area contributed by atoms with Crippen LogP contribution >= 0.6 is 0 Å². The molecular weight excluding hydrogens is 544 g/mol. The summed E-state index contributed by atoms with van der Waals surface area (Å²) in [6.07, 6.45) is 3.33. The zero-order chi connectivity index (χ0) is 30.6. The first-order chi connectivity index (χ1) is 20.5. The van der Waals surface area contributed by atoms with Crippen LogP contribution < -0.4 is 16.4 Å². The molecule has 2 heterocycles. The number of aromatic nitrogens is 1. The lowest BCUT2D eigenvalue weighted by atomic mass is 9.87. The normalized spacial score (nSPS) is 17.1. The quantitative estimate of drug-likeness (QED) is 0.242. The molecule has 1 aliphatic carbocycles. The predicted octanol–water partition coefficient (Wildman–Crippen LogP) is 4.15. The Morgan fingerprint density at radius 3 is 2.65 bits per heavy atom. The number of aliphatic hydroxyl groups excluding tert-OH is 1. The molecule has 0 fully saturated rings. The SMILES string of the molecule is Cc1ccc2c(c1)C(=O)N(c1cccc(-c3ccc(C(N)=O)c4[nH]c5c(c34)C=CC(C(O)COC(=O)C(C)N)C5)c1C)C2. The van der Waals surface area contributed by atoms with E-state index in [2.05, 4.69) is 4.98 Å². The molecule has 1 aliphatic heterocycles. The van der Waals surface area contributed by atoms with Gasteiger partial charge in [0.2, 0.25) is 0 Å². The standard InChI is InChI=1S/C34H34N4O5/c1-17-7-8-21-15-38(33(41)26(21)13-17)28-6-4-5-22(18(28)2)23-11-12-25(32(36)40)31-30(23)24-10-9-20(14-27(24)37-31)29(39)16-43-34(42)19(3)35/h4-13,19-20,29,37,39H,14-16,35H2,1-3H3,(H2,36,40). The van der Waals surface area contributed by atoms with Crippen LogP contribution in [0.5, 0.6) is 0 Å². The van der Waals surface area contributed by atoms with Crippen LogP contribution in [0, 0.1) is 19.8 Å². The number of hydrogen-bond acceptors (Lipinski definition) is 6.